The predicted octanol–water partition coefficient (Wildman–Crippen LogP) is 2.23. The summed E-state index contributed by atoms with van der Waals surface area (Å²) >= 11 is 0. The molecule has 4 rings (SSSR count). The topological polar surface area (TPSA) is 69.9 Å². The lowest BCUT2D eigenvalue weighted by Gasteiger charge is -2.17. The molecular weight excluding hydrogens is 280 g/mol. The van der Waals surface area contributed by atoms with Crippen LogP contribution in [0.25, 0.3) is 22.3 Å². The van der Waals surface area contributed by atoms with E-state index < -0.39 is 0 Å². The number of anilines is 1. The van der Waals surface area contributed by atoms with E-state index in [1.807, 2.05) is 42.5 Å². The molecule has 22 heavy (non-hydrogen) atoms. The van der Waals surface area contributed by atoms with Crippen LogP contribution in [0.2, 0.25) is 0 Å². The number of hydrazone groups is 1. The van der Waals surface area contributed by atoms with Gasteiger partial charge in [-0.2, -0.15) is 5.10 Å². The van der Waals surface area contributed by atoms with E-state index in [0.717, 1.165) is 5.56 Å². The van der Waals surface area contributed by atoms with Gasteiger partial charge in [-0.1, -0.05) is 42.5 Å². The molecule has 0 saturated carbocycles. The lowest BCUT2D eigenvalue weighted by molar-refractivity contribution is 0.596. The van der Waals surface area contributed by atoms with E-state index in [9.17, 15) is 4.79 Å². The van der Waals surface area contributed by atoms with Gasteiger partial charge in [-0.25, -0.2) is 10.5 Å². The molecule has 6 heteroatoms. The van der Waals surface area contributed by atoms with Crippen molar-refractivity contribution >= 4 is 23.0 Å². The second-order valence-corrected chi connectivity index (χ2v) is 4.81. The van der Waals surface area contributed by atoms with E-state index in [2.05, 4.69) is 16.2 Å². The van der Waals surface area contributed by atoms with E-state index in [0.29, 0.717) is 22.4 Å². The van der Waals surface area contributed by atoms with Gasteiger partial charge in [0.1, 0.15) is 11.9 Å². The highest BCUT2D eigenvalue weighted by Gasteiger charge is 2.22. The van der Waals surface area contributed by atoms with Crippen molar-refractivity contribution in [2.24, 2.45) is 5.10 Å². The normalized spacial score (nSPS) is 13.5. The molecule has 1 aromatic heterocycles. The largest absolute Gasteiger partial charge is 0.454 e. The van der Waals surface area contributed by atoms with Crippen LogP contribution < -0.4 is 21.5 Å². The lowest BCUT2D eigenvalue weighted by atomic mass is 10.1. The second-order valence-electron chi connectivity index (χ2n) is 4.81. The number of benzene rings is 2. The van der Waals surface area contributed by atoms with Gasteiger partial charge in [0.2, 0.25) is 5.43 Å². The molecule has 1 aliphatic rings. The standard InChI is InChI=1S/C16H12N4O2/c21-15-12-8-4-5-9-13(12)22-16(11-6-2-1-3-7-11)14(15)20-10-17-18-19-20/h1-10,18-19H. The number of hydrogen-bond donors (Lipinski definition) is 2. The number of nitrogens with zero attached hydrogens (tertiary/aromatic N) is 2. The van der Waals surface area contributed by atoms with Crippen LogP contribution in [0, 0.1) is 0 Å². The van der Waals surface area contributed by atoms with Crippen molar-refractivity contribution in [2.75, 3.05) is 5.01 Å². The highest BCUT2D eigenvalue weighted by atomic mass is 16.3. The van der Waals surface area contributed by atoms with Gasteiger partial charge in [0.05, 0.1) is 5.39 Å². The van der Waals surface area contributed by atoms with Crippen molar-refractivity contribution in [1.82, 2.24) is 11.1 Å². The number of hydrogen-bond acceptors (Lipinski definition) is 6. The summed E-state index contributed by atoms with van der Waals surface area (Å²) in [5, 5.41) is 5.90. The number of nitrogens with one attached hydrogen (secondary N) is 2. The average Bonchev–Trinajstić information content (AvgIpc) is 3.10. The van der Waals surface area contributed by atoms with Crippen LogP contribution in [0.1, 0.15) is 0 Å². The maximum absolute atomic E-state index is 12.9. The number of rotatable bonds is 2. The van der Waals surface area contributed by atoms with Crippen molar-refractivity contribution in [3.05, 3.63) is 64.8 Å². The zero-order valence-electron chi connectivity index (χ0n) is 11.5. The van der Waals surface area contributed by atoms with E-state index in [4.69, 9.17) is 4.42 Å². The molecule has 6 nitrogen and oxygen atoms in total. The molecule has 0 spiro atoms. The first kappa shape index (κ1) is 12.6. The Balaban J connectivity index is 2.07. The van der Waals surface area contributed by atoms with Crippen LogP contribution in [0.4, 0.5) is 5.69 Å². The summed E-state index contributed by atoms with van der Waals surface area (Å²) in [4.78, 5) is 12.9. The molecule has 108 valence electrons. The predicted molar refractivity (Wildman–Crippen MR) is 85.2 cm³/mol. The Labute approximate surface area is 125 Å². The Morgan fingerprint density at radius 2 is 1.77 bits per heavy atom. The van der Waals surface area contributed by atoms with Gasteiger partial charge in [-0.15, -0.1) is 5.53 Å². The van der Waals surface area contributed by atoms with Crippen molar-refractivity contribution in [2.45, 2.75) is 0 Å². The van der Waals surface area contributed by atoms with Crippen LogP contribution >= 0.6 is 0 Å². The van der Waals surface area contributed by atoms with Crippen LogP contribution in [0.15, 0.2) is 68.9 Å². The van der Waals surface area contributed by atoms with Gasteiger partial charge in [-0.05, 0) is 12.1 Å². The quantitative estimate of drug-likeness (QED) is 0.758. The number of hydrazine groups is 2. The molecule has 2 N–H and O–H groups in total. The molecule has 2 aromatic carbocycles. The summed E-state index contributed by atoms with van der Waals surface area (Å²) in [6, 6.07) is 16.7. The van der Waals surface area contributed by atoms with Crippen LogP contribution in [-0.2, 0) is 0 Å². The smallest absolute Gasteiger partial charge is 0.218 e. The average molecular weight is 292 g/mol. The fourth-order valence-corrected chi connectivity index (χ4v) is 2.45. The summed E-state index contributed by atoms with van der Waals surface area (Å²) in [6.45, 7) is 0. The third-order valence-corrected chi connectivity index (χ3v) is 3.46. The summed E-state index contributed by atoms with van der Waals surface area (Å²) in [5.74, 6) is 0.493. The van der Waals surface area contributed by atoms with Gasteiger partial charge < -0.3 is 4.42 Å². The second kappa shape index (κ2) is 5.01. The molecule has 0 bridgehead atoms. The van der Waals surface area contributed by atoms with E-state index in [-0.39, 0.29) is 5.43 Å². The SMILES string of the molecule is O=c1c(N2C=NNN2)c(-c2ccccc2)oc2ccccc12. The molecule has 3 aromatic rings. The summed E-state index contributed by atoms with van der Waals surface area (Å²) < 4.78 is 6.00. The van der Waals surface area contributed by atoms with Crippen LogP contribution in [0.3, 0.4) is 0 Å². The molecule has 0 radical (unpaired) electrons. The molecule has 0 saturated heterocycles. The van der Waals surface area contributed by atoms with Crippen molar-refractivity contribution < 1.29 is 4.42 Å². The zero-order valence-corrected chi connectivity index (χ0v) is 11.5. The number of fused-ring (bicyclic) bond motifs is 1. The van der Waals surface area contributed by atoms with Crippen molar-refractivity contribution in [3.63, 3.8) is 0 Å². The molecule has 1 aliphatic heterocycles. The Bertz CT molecular complexity index is 918. The third-order valence-electron chi connectivity index (χ3n) is 3.46. The Morgan fingerprint density at radius 1 is 1.00 bits per heavy atom. The molecular formula is C16H12N4O2. The maximum atomic E-state index is 12.9. The molecule has 0 aliphatic carbocycles. The molecule has 0 unspecified atom stereocenters. The van der Waals surface area contributed by atoms with E-state index in [1.165, 1.54) is 11.3 Å². The minimum absolute atomic E-state index is 0.122. The number of para-hydroxylation sites is 1. The minimum atomic E-state index is -0.122. The van der Waals surface area contributed by atoms with Gasteiger partial charge in [-0.3, -0.25) is 4.79 Å². The van der Waals surface area contributed by atoms with Crippen molar-refractivity contribution in [1.29, 1.82) is 0 Å². The van der Waals surface area contributed by atoms with Crippen LogP contribution in [-0.4, -0.2) is 6.34 Å². The van der Waals surface area contributed by atoms with Gasteiger partial charge in [0.25, 0.3) is 0 Å². The minimum Gasteiger partial charge on any atom is -0.454 e. The summed E-state index contributed by atoms with van der Waals surface area (Å²) in [5.41, 5.74) is 7.02. The zero-order chi connectivity index (χ0) is 14.9. The molecule has 0 fully saturated rings. The highest BCUT2D eigenvalue weighted by molar-refractivity contribution is 5.92. The first-order chi connectivity index (χ1) is 10.8. The fourth-order valence-electron chi connectivity index (χ4n) is 2.45. The monoisotopic (exact) mass is 292 g/mol. The van der Waals surface area contributed by atoms with Gasteiger partial charge in [0.15, 0.2) is 11.4 Å². The Kier molecular flexibility index (Phi) is 2.87. The fraction of sp³-hybridized carbons (Fsp3) is 0. The summed E-state index contributed by atoms with van der Waals surface area (Å²) in [7, 11) is 0. The van der Waals surface area contributed by atoms with Gasteiger partial charge >= 0.3 is 0 Å². The van der Waals surface area contributed by atoms with Crippen LogP contribution in [0.5, 0.6) is 0 Å². The Hall–Kier alpha value is -3.12. The molecule has 0 amide bonds. The summed E-state index contributed by atoms with van der Waals surface area (Å²) in [6.07, 6.45) is 1.49. The molecule has 0 atom stereocenters. The first-order valence-electron chi connectivity index (χ1n) is 6.79. The maximum Gasteiger partial charge on any atom is 0.218 e. The molecule has 2 heterocycles. The van der Waals surface area contributed by atoms with Gasteiger partial charge in [0, 0.05) is 5.56 Å². The first-order valence-corrected chi connectivity index (χ1v) is 6.79. The highest BCUT2D eigenvalue weighted by Crippen LogP contribution is 2.30. The van der Waals surface area contributed by atoms with E-state index in [1.54, 1.807) is 12.1 Å². The lowest BCUT2D eigenvalue weighted by Crippen LogP contribution is -2.40. The van der Waals surface area contributed by atoms with E-state index >= 15 is 0 Å². The Morgan fingerprint density at radius 3 is 2.55 bits per heavy atom. The van der Waals surface area contributed by atoms with Crippen molar-refractivity contribution in [3.8, 4) is 11.3 Å². The third kappa shape index (κ3) is 1.94.